The van der Waals surface area contributed by atoms with Crippen LogP contribution in [0.15, 0.2) is 47.4 Å². The molecule has 2 aliphatic heterocycles. The van der Waals surface area contributed by atoms with Crippen LogP contribution < -0.4 is 5.32 Å². The average molecular weight is 622 g/mol. The monoisotopic (exact) mass is 621 g/mol. The van der Waals surface area contributed by atoms with E-state index < -0.39 is 83.1 Å². The number of fused-ring (bicyclic) bond motifs is 1. The number of halogens is 7. The fraction of sp³-hybridized carbons (Fsp3) is 0.444. The first-order valence-electron chi connectivity index (χ1n) is 12.5. The maximum atomic E-state index is 14.2. The predicted molar refractivity (Wildman–Crippen MR) is 137 cm³/mol. The van der Waals surface area contributed by atoms with Crippen LogP contribution in [-0.2, 0) is 37.1 Å². The molecule has 1 N–H and O–H groups in total. The van der Waals surface area contributed by atoms with E-state index in [0.29, 0.717) is 33.1 Å². The fourth-order valence-corrected chi connectivity index (χ4v) is 5.85. The molecule has 0 spiro atoms. The minimum absolute atomic E-state index is 0.0268. The van der Waals surface area contributed by atoms with E-state index in [0.717, 1.165) is 19.1 Å². The second-order valence-electron chi connectivity index (χ2n) is 10.7. The Morgan fingerprint density at radius 2 is 1.57 bits per heavy atom. The summed E-state index contributed by atoms with van der Waals surface area (Å²) in [7, 11) is -1.33. The normalized spacial score (nSPS) is 19.1. The van der Waals surface area contributed by atoms with E-state index in [-0.39, 0.29) is 12.2 Å². The first kappa shape index (κ1) is 31.4. The van der Waals surface area contributed by atoms with Crippen LogP contribution in [0.5, 0.6) is 0 Å². The number of nitrogens with one attached hydrogen (secondary N) is 1. The van der Waals surface area contributed by atoms with Gasteiger partial charge in [0.2, 0.25) is 11.8 Å². The SMILES string of the molecule is CC(=O)N1Cc2cc(S(C)=O)ccc2C1C(=O)Nc1ccc(C(CC(=O)N2CC(C)(F)C2)(C(F)(F)F)C(F)(F)F)cc1. The molecule has 2 aromatic carbocycles. The number of alkyl halides is 7. The van der Waals surface area contributed by atoms with Gasteiger partial charge in [0.15, 0.2) is 5.41 Å². The molecule has 4 rings (SSSR count). The number of rotatable bonds is 6. The van der Waals surface area contributed by atoms with E-state index in [1.54, 1.807) is 6.07 Å². The number of hydrogen-bond donors (Lipinski definition) is 1. The molecule has 1 saturated heterocycles. The molecule has 1 fully saturated rings. The van der Waals surface area contributed by atoms with Crippen LogP contribution in [0.1, 0.15) is 43.0 Å². The Morgan fingerprint density at radius 1 is 1.00 bits per heavy atom. The third-order valence-electron chi connectivity index (χ3n) is 7.47. The van der Waals surface area contributed by atoms with Crippen molar-refractivity contribution in [1.29, 1.82) is 0 Å². The lowest BCUT2D eigenvalue weighted by molar-refractivity contribution is -0.304. The van der Waals surface area contributed by atoms with Gasteiger partial charge in [0.1, 0.15) is 11.7 Å². The van der Waals surface area contributed by atoms with Crippen molar-refractivity contribution < 1.29 is 49.3 Å². The molecule has 0 saturated carbocycles. The van der Waals surface area contributed by atoms with E-state index in [1.165, 1.54) is 30.2 Å². The zero-order valence-electron chi connectivity index (χ0n) is 22.5. The molecule has 3 amide bonds. The Morgan fingerprint density at radius 3 is 2.05 bits per heavy atom. The topological polar surface area (TPSA) is 86.8 Å². The van der Waals surface area contributed by atoms with Crippen molar-refractivity contribution in [1.82, 2.24) is 9.80 Å². The maximum Gasteiger partial charge on any atom is 0.407 e. The van der Waals surface area contributed by atoms with Gasteiger partial charge in [-0.2, -0.15) is 26.3 Å². The summed E-state index contributed by atoms with van der Waals surface area (Å²) in [6.07, 6.45) is -12.5. The zero-order valence-corrected chi connectivity index (χ0v) is 23.3. The summed E-state index contributed by atoms with van der Waals surface area (Å²) in [5.74, 6) is -2.75. The van der Waals surface area contributed by atoms with E-state index in [9.17, 15) is 49.3 Å². The lowest BCUT2D eigenvalue weighted by Crippen LogP contribution is -2.62. The summed E-state index contributed by atoms with van der Waals surface area (Å²) in [5, 5.41) is 2.42. The lowest BCUT2D eigenvalue weighted by atomic mass is 9.75. The first-order valence-corrected chi connectivity index (χ1v) is 14.1. The van der Waals surface area contributed by atoms with Gasteiger partial charge < -0.3 is 15.1 Å². The standard InChI is InChI=1S/C27H26F7N3O4S/c1-15(38)37-12-16-10-19(42(3)41)8-9-20(16)22(37)23(40)35-18-6-4-17(5-7-18)25(26(29,30)31,27(32,33)34)11-21(39)36-13-24(2,28)14-36/h4-10,22H,11-14H2,1-3H3,(H,35,40). The Kier molecular flexibility index (Phi) is 7.98. The number of nitrogens with zero attached hydrogens (tertiary/aromatic N) is 2. The van der Waals surface area contributed by atoms with Crippen molar-refractivity contribution in [3.8, 4) is 0 Å². The van der Waals surface area contributed by atoms with Crippen LogP contribution in [0.2, 0.25) is 0 Å². The number of carbonyl (C=O) groups is 3. The second-order valence-corrected chi connectivity index (χ2v) is 12.1. The summed E-state index contributed by atoms with van der Waals surface area (Å²) in [6, 6.07) is 6.21. The molecule has 2 unspecified atom stereocenters. The minimum atomic E-state index is -5.95. The highest BCUT2D eigenvalue weighted by Crippen LogP contribution is 2.55. The Labute approximate surface area is 238 Å². The average Bonchev–Trinajstić information content (AvgIpc) is 3.24. The Bertz CT molecular complexity index is 1420. The summed E-state index contributed by atoms with van der Waals surface area (Å²) >= 11 is 0. The summed E-state index contributed by atoms with van der Waals surface area (Å²) in [4.78, 5) is 40.2. The number of benzene rings is 2. The molecule has 2 aromatic rings. The number of carbonyl (C=O) groups excluding carboxylic acids is 3. The molecule has 0 aliphatic carbocycles. The van der Waals surface area contributed by atoms with E-state index in [1.807, 2.05) is 0 Å². The summed E-state index contributed by atoms with van der Waals surface area (Å²) in [6.45, 7) is 1.08. The minimum Gasteiger partial charge on any atom is -0.336 e. The molecule has 0 bridgehead atoms. The highest BCUT2D eigenvalue weighted by atomic mass is 32.2. The van der Waals surface area contributed by atoms with Crippen LogP contribution in [0.4, 0.5) is 36.4 Å². The van der Waals surface area contributed by atoms with Gasteiger partial charge in [-0.05, 0) is 47.9 Å². The number of hydrogen-bond acceptors (Lipinski definition) is 4. The van der Waals surface area contributed by atoms with Gasteiger partial charge in [-0.25, -0.2) is 4.39 Å². The van der Waals surface area contributed by atoms with Crippen molar-refractivity contribution in [2.45, 2.75) is 61.2 Å². The summed E-state index contributed by atoms with van der Waals surface area (Å²) < 4.78 is 111. The number of anilines is 1. The van der Waals surface area contributed by atoms with Gasteiger partial charge in [0.05, 0.1) is 19.5 Å². The molecule has 228 valence electrons. The van der Waals surface area contributed by atoms with E-state index in [4.69, 9.17) is 0 Å². The molecular formula is C27H26F7N3O4S. The second kappa shape index (κ2) is 10.7. The molecule has 15 heteroatoms. The van der Waals surface area contributed by atoms with Crippen LogP contribution in [-0.4, -0.2) is 69.1 Å². The molecule has 42 heavy (non-hydrogen) atoms. The van der Waals surface area contributed by atoms with E-state index in [2.05, 4.69) is 5.32 Å². The first-order chi connectivity index (χ1) is 19.3. The van der Waals surface area contributed by atoms with Crippen molar-refractivity contribution in [2.24, 2.45) is 0 Å². The Hall–Kier alpha value is -3.49. The van der Waals surface area contributed by atoms with Gasteiger partial charge in [-0.1, -0.05) is 18.2 Å². The van der Waals surface area contributed by atoms with Gasteiger partial charge in [-0.15, -0.1) is 0 Å². The van der Waals surface area contributed by atoms with Crippen molar-refractivity contribution in [3.05, 3.63) is 59.2 Å². The van der Waals surface area contributed by atoms with Crippen LogP contribution in [0.25, 0.3) is 0 Å². The highest BCUT2D eigenvalue weighted by Gasteiger charge is 2.72. The number of likely N-dealkylation sites (tertiary alicyclic amines) is 1. The quantitative estimate of drug-likeness (QED) is 0.471. The third-order valence-corrected chi connectivity index (χ3v) is 8.39. The maximum absolute atomic E-state index is 14.2. The third kappa shape index (κ3) is 5.62. The van der Waals surface area contributed by atoms with Crippen molar-refractivity contribution >= 4 is 34.2 Å². The fourth-order valence-electron chi connectivity index (χ4n) is 5.29. The van der Waals surface area contributed by atoms with Crippen LogP contribution >= 0.6 is 0 Å². The molecule has 2 atom stereocenters. The molecule has 0 radical (unpaired) electrons. The largest absolute Gasteiger partial charge is 0.407 e. The van der Waals surface area contributed by atoms with Gasteiger partial charge in [0, 0.05) is 41.1 Å². The molecule has 7 nitrogen and oxygen atoms in total. The molecule has 2 heterocycles. The van der Waals surface area contributed by atoms with Gasteiger partial charge >= 0.3 is 12.4 Å². The smallest absolute Gasteiger partial charge is 0.336 e. The number of amides is 3. The summed E-state index contributed by atoms with van der Waals surface area (Å²) in [5.41, 5.74) is -6.94. The van der Waals surface area contributed by atoms with Crippen LogP contribution in [0.3, 0.4) is 0 Å². The highest BCUT2D eigenvalue weighted by molar-refractivity contribution is 7.84. The van der Waals surface area contributed by atoms with Crippen molar-refractivity contribution in [3.63, 3.8) is 0 Å². The van der Waals surface area contributed by atoms with Crippen LogP contribution in [0, 0.1) is 0 Å². The predicted octanol–water partition coefficient (Wildman–Crippen LogP) is 4.79. The van der Waals surface area contributed by atoms with Crippen molar-refractivity contribution in [2.75, 3.05) is 24.7 Å². The Balaban J connectivity index is 1.63. The van der Waals surface area contributed by atoms with Gasteiger partial charge in [0.25, 0.3) is 5.91 Å². The van der Waals surface area contributed by atoms with Gasteiger partial charge in [-0.3, -0.25) is 18.6 Å². The molecular weight excluding hydrogens is 595 g/mol. The molecule has 2 aliphatic rings. The van der Waals surface area contributed by atoms with E-state index >= 15 is 0 Å². The lowest BCUT2D eigenvalue weighted by Gasteiger charge is -2.45. The molecule has 0 aromatic heterocycles. The zero-order chi connectivity index (χ0) is 31.4.